The molecule has 5 aromatic rings. The molecule has 0 heterocycles. The molecule has 0 spiro atoms. The van der Waals surface area contributed by atoms with E-state index in [-0.39, 0.29) is 0 Å². The van der Waals surface area contributed by atoms with Gasteiger partial charge in [-0.3, -0.25) is 0 Å². The molecule has 0 saturated heterocycles. The maximum atomic E-state index is 2.35. The van der Waals surface area contributed by atoms with Crippen LogP contribution in [0.2, 0.25) is 0 Å². The lowest BCUT2D eigenvalue weighted by Crippen LogP contribution is -1.86. The van der Waals surface area contributed by atoms with Crippen LogP contribution >= 0.6 is 0 Å². The Bertz CT molecular complexity index is 1210. The van der Waals surface area contributed by atoms with Crippen LogP contribution in [0.1, 0.15) is 5.56 Å². The van der Waals surface area contributed by atoms with Gasteiger partial charge < -0.3 is 0 Å². The lowest BCUT2D eigenvalue weighted by Gasteiger charge is -2.12. The van der Waals surface area contributed by atoms with Crippen LogP contribution in [0.15, 0.2) is 78.9 Å². The van der Waals surface area contributed by atoms with Crippen molar-refractivity contribution in [3.8, 4) is 0 Å². The molecular weight excluding hydrogens is 276 g/mol. The summed E-state index contributed by atoms with van der Waals surface area (Å²) in [6.07, 6.45) is 0. The molecule has 0 aromatic heterocycles. The number of fused-ring (bicyclic) bond motifs is 6. The molecule has 0 radical (unpaired) electrons. The highest BCUT2D eigenvalue weighted by Crippen LogP contribution is 2.36. The van der Waals surface area contributed by atoms with E-state index < -0.39 is 0 Å². The highest BCUT2D eigenvalue weighted by molar-refractivity contribution is 6.19. The maximum absolute atomic E-state index is 2.35. The minimum atomic E-state index is 1.31. The number of rotatable bonds is 0. The van der Waals surface area contributed by atoms with Gasteiger partial charge in [0.05, 0.1) is 0 Å². The number of aryl methyl sites for hydroxylation is 1. The maximum Gasteiger partial charge on any atom is -0.00697 e. The topological polar surface area (TPSA) is 0 Å². The van der Waals surface area contributed by atoms with E-state index in [1.54, 1.807) is 0 Å². The normalized spacial score (nSPS) is 11.7. The third-order valence-corrected chi connectivity index (χ3v) is 5.01. The summed E-state index contributed by atoms with van der Waals surface area (Å²) in [5.74, 6) is 0. The van der Waals surface area contributed by atoms with Crippen molar-refractivity contribution in [3.63, 3.8) is 0 Å². The van der Waals surface area contributed by atoms with Crippen molar-refractivity contribution in [3.05, 3.63) is 84.4 Å². The second kappa shape index (κ2) is 4.57. The molecular formula is C23H16. The van der Waals surface area contributed by atoms with Crippen LogP contribution in [-0.2, 0) is 0 Å². The van der Waals surface area contributed by atoms with Gasteiger partial charge in [-0.25, -0.2) is 0 Å². The summed E-state index contributed by atoms with van der Waals surface area (Å²) in [6.45, 7) is 2.26. The van der Waals surface area contributed by atoms with E-state index in [1.165, 1.54) is 48.7 Å². The summed E-state index contributed by atoms with van der Waals surface area (Å²) >= 11 is 0. The van der Waals surface area contributed by atoms with Gasteiger partial charge in [-0.05, 0) is 61.6 Å². The molecule has 23 heavy (non-hydrogen) atoms. The summed E-state index contributed by atoms with van der Waals surface area (Å²) in [5.41, 5.74) is 1.38. The van der Waals surface area contributed by atoms with E-state index in [9.17, 15) is 0 Å². The fourth-order valence-corrected chi connectivity index (χ4v) is 3.90. The second-order valence-electron chi connectivity index (χ2n) is 6.27. The molecule has 0 fully saturated rings. The van der Waals surface area contributed by atoms with E-state index in [1.807, 2.05) is 0 Å². The molecule has 0 amide bonds. The zero-order chi connectivity index (χ0) is 15.4. The first-order valence-corrected chi connectivity index (χ1v) is 8.05. The Morgan fingerprint density at radius 3 is 1.91 bits per heavy atom. The van der Waals surface area contributed by atoms with E-state index in [0.29, 0.717) is 0 Å². The minimum Gasteiger partial charge on any atom is -0.0616 e. The average molecular weight is 292 g/mol. The molecule has 0 N–H and O–H groups in total. The Morgan fingerprint density at radius 1 is 0.478 bits per heavy atom. The third kappa shape index (κ3) is 1.72. The summed E-state index contributed by atoms with van der Waals surface area (Å²) in [6, 6.07) is 28.7. The Balaban J connectivity index is 2.08. The summed E-state index contributed by atoms with van der Waals surface area (Å²) in [7, 11) is 0. The van der Waals surface area contributed by atoms with E-state index in [0.717, 1.165) is 0 Å². The zero-order valence-corrected chi connectivity index (χ0v) is 13.0. The predicted octanol–water partition coefficient (Wildman–Crippen LogP) is 6.61. The summed E-state index contributed by atoms with van der Waals surface area (Å²) < 4.78 is 0. The molecule has 5 aromatic carbocycles. The van der Waals surface area contributed by atoms with E-state index >= 15 is 0 Å². The highest BCUT2D eigenvalue weighted by atomic mass is 14.1. The second-order valence-corrected chi connectivity index (χ2v) is 6.27. The van der Waals surface area contributed by atoms with Crippen molar-refractivity contribution >= 4 is 43.1 Å². The smallest absolute Gasteiger partial charge is 0.00697 e. The Kier molecular flexibility index (Phi) is 2.51. The van der Waals surface area contributed by atoms with Crippen molar-refractivity contribution in [1.82, 2.24) is 0 Å². The first kappa shape index (κ1) is 12.7. The Labute approximate surface area is 135 Å². The molecule has 0 unspecified atom stereocenters. The standard InChI is InChI=1S/C23H16/c1-15-19-13-12-16-6-2-4-8-20(16)22(19)14-18-11-10-17-7-3-5-9-21(17)23(15)18/h2-14H,1H3. The van der Waals surface area contributed by atoms with E-state index in [2.05, 4.69) is 85.8 Å². The molecule has 0 bridgehead atoms. The molecule has 0 aliphatic heterocycles. The average Bonchev–Trinajstić information content (AvgIpc) is 2.61. The Morgan fingerprint density at radius 2 is 1.09 bits per heavy atom. The van der Waals surface area contributed by atoms with Crippen molar-refractivity contribution in [2.45, 2.75) is 6.92 Å². The molecule has 5 rings (SSSR count). The highest BCUT2D eigenvalue weighted by Gasteiger charge is 2.09. The molecule has 0 atom stereocenters. The minimum absolute atomic E-state index is 1.31. The van der Waals surface area contributed by atoms with Gasteiger partial charge in [0.25, 0.3) is 0 Å². The largest absolute Gasteiger partial charge is 0.0616 e. The van der Waals surface area contributed by atoms with Gasteiger partial charge in [-0.15, -0.1) is 0 Å². The fourth-order valence-electron chi connectivity index (χ4n) is 3.90. The zero-order valence-electron chi connectivity index (χ0n) is 13.0. The van der Waals surface area contributed by atoms with Crippen molar-refractivity contribution < 1.29 is 0 Å². The van der Waals surface area contributed by atoms with Crippen molar-refractivity contribution in [2.24, 2.45) is 0 Å². The number of hydrogen-bond acceptors (Lipinski definition) is 0. The van der Waals surface area contributed by atoms with Crippen LogP contribution in [0.3, 0.4) is 0 Å². The van der Waals surface area contributed by atoms with Crippen LogP contribution in [0.5, 0.6) is 0 Å². The first-order chi connectivity index (χ1) is 11.3. The van der Waals surface area contributed by atoms with Gasteiger partial charge in [0.1, 0.15) is 0 Å². The number of hydrogen-bond donors (Lipinski definition) is 0. The lowest BCUT2D eigenvalue weighted by atomic mass is 9.91. The van der Waals surface area contributed by atoms with Gasteiger partial charge in [0, 0.05) is 0 Å². The predicted molar refractivity (Wildman–Crippen MR) is 101 cm³/mol. The quantitative estimate of drug-likeness (QED) is 0.222. The SMILES string of the molecule is Cc1c2ccc3ccccc3c2cc2ccc3ccccc3c12. The monoisotopic (exact) mass is 292 g/mol. The first-order valence-electron chi connectivity index (χ1n) is 8.05. The number of benzene rings is 5. The molecule has 0 heteroatoms. The van der Waals surface area contributed by atoms with Crippen LogP contribution in [0, 0.1) is 6.92 Å². The van der Waals surface area contributed by atoms with Gasteiger partial charge in [0.2, 0.25) is 0 Å². The van der Waals surface area contributed by atoms with Crippen LogP contribution in [-0.4, -0.2) is 0 Å². The third-order valence-electron chi connectivity index (χ3n) is 5.01. The van der Waals surface area contributed by atoms with Gasteiger partial charge in [0.15, 0.2) is 0 Å². The van der Waals surface area contributed by atoms with Gasteiger partial charge >= 0.3 is 0 Å². The molecule has 0 aliphatic rings. The summed E-state index contributed by atoms with van der Waals surface area (Å²) in [5, 5.41) is 10.7. The van der Waals surface area contributed by atoms with E-state index in [4.69, 9.17) is 0 Å². The molecule has 108 valence electrons. The van der Waals surface area contributed by atoms with Gasteiger partial charge in [-0.2, -0.15) is 0 Å². The fraction of sp³-hybridized carbons (Fsp3) is 0.0435. The molecule has 0 nitrogen and oxygen atoms in total. The van der Waals surface area contributed by atoms with Crippen molar-refractivity contribution in [1.29, 1.82) is 0 Å². The molecule has 0 aliphatic carbocycles. The summed E-state index contributed by atoms with van der Waals surface area (Å²) in [4.78, 5) is 0. The van der Waals surface area contributed by atoms with Gasteiger partial charge in [-0.1, -0.05) is 72.8 Å². The molecule has 0 saturated carbocycles. The van der Waals surface area contributed by atoms with Crippen LogP contribution < -0.4 is 0 Å². The lowest BCUT2D eigenvalue weighted by molar-refractivity contribution is 1.60. The van der Waals surface area contributed by atoms with Crippen LogP contribution in [0.4, 0.5) is 0 Å². The van der Waals surface area contributed by atoms with Crippen molar-refractivity contribution in [2.75, 3.05) is 0 Å². The Hall–Kier alpha value is -2.86. The van der Waals surface area contributed by atoms with Crippen LogP contribution in [0.25, 0.3) is 43.1 Å².